The number of amides is 1. The second-order valence-corrected chi connectivity index (χ2v) is 4.19. The minimum absolute atomic E-state index is 0.110. The zero-order valence-electron chi connectivity index (χ0n) is 9.77. The van der Waals surface area contributed by atoms with E-state index < -0.39 is 6.10 Å². The fourth-order valence-corrected chi connectivity index (χ4v) is 1.80. The molecule has 5 heteroatoms. The van der Waals surface area contributed by atoms with Crippen LogP contribution in [-0.4, -0.2) is 18.6 Å². The third kappa shape index (κ3) is 2.40. The molecule has 1 aromatic carbocycles. The smallest absolute Gasteiger partial charge is 0.265 e. The summed E-state index contributed by atoms with van der Waals surface area (Å²) in [4.78, 5) is 11.5. The third-order valence-corrected chi connectivity index (χ3v) is 2.84. The van der Waals surface area contributed by atoms with E-state index in [4.69, 9.17) is 16.2 Å². The molecule has 0 saturated heterocycles. The Bertz CT molecular complexity index is 434. The van der Waals surface area contributed by atoms with Gasteiger partial charge >= 0.3 is 0 Å². The van der Waals surface area contributed by atoms with Crippen molar-refractivity contribution >= 4 is 11.6 Å². The molecular formula is C12H17N3O2. The van der Waals surface area contributed by atoms with Crippen molar-refractivity contribution in [3.05, 3.63) is 23.8 Å². The van der Waals surface area contributed by atoms with E-state index in [9.17, 15) is 4.79 Å². The fourth-order valence-electron chi connectivity index (χ4n) is 1.80. The van der Waals surface area contributed by atoms with Crippen LogP contribution in [0.3, 0.4) is 0 Å². The molecule has 1 amide bonds. The van der Waals surface area contributed by atoms with Crippen LogP contribution in [0.25, 0.3) is 0 Å². The lowest BCUT2D eigenvalue weighted by atomic mass is 10.0. The van der Waals surface area contributed by atoms with E-state index in [0.29, 0.717) is 24.4 Å². The second kappa shape index (κ2) is 4.73. The minimum atomic E-state index is -0.453. The summed E-state index contributed by atoms with van der Waals surface area (Å²) in [5.74, 6) is 0.544. The van der Waals surface area contributed by atoms with Crippen LogP contribution in [0, 0.1) is 0 Å². The van der Waals surface area contributed by atoms with E-state index in [1.807, 2.05) is 18.2 Å². The molecular weight excluding hydrogens is 218 g/mol. The van der Waals surface area contributed by atoms with Crippen LogP contribution in [0.2, 0.25) is 0 Å². The van der Waals surface area contributed by atoms with Crippen LogP contribution < -0.4 is 21.5 Å². The number of hydrogen-bond acceptors (Lipinski definition) is 4. The number of rotatable bonds is 3. The zero-order valence-corrected chi connectivity index (χ0v) is 9.77. The van der Waals surface area contributed by atoms with Crippen molar-refractivity contribution in [2.75, 3.05) is 11.9 Å². The monoisotopic (exact) mass is 235 g/mol. The highest BCUT2D eigenvalue weighted by molar-refractivity contribution is 5.97. The molecule has 0 fully saturated rings. The molecule has 0 aliphatic carbocycles. The number of ether oxygens (including phenoxy) is 1. The molecule has 1 aliphatic rings. The first-order valence-corrected chi connectivity index (χ1v) is 5.69. The van der Waals surface area contributed by atoms with Crippen molar-refractivity contribution in [1.29, 1.82) is 0 Å². The maximum Gasteiger partial charge on any atom is 0.265 e. The van der Waals surface area contributed by atoms with Crippen molar-refractivity contribution in [2.24, 2.45) is 11.5 Å². The Labute approximate surface area is 100 Å². The van der Waals surface area contributed by atoms with Gasteiger partial charge in [0.1, 0.15) is 5.75 Å². The average Bonchev–Trinajstić information content (AvgIpc) is 2.30. The SMILES string of the molecule is CC1Oc2ccc(C(N)CCN)cc2NC1=O. The van der Waals surface area contributed by atoms with Gasteiger partial charge in [0.05, 0.1) is 5.69 Å². The van der Waals surface area contributed by atoms with Gasteiger partial charge in [-0.1, -0.05) is 6.07 Å². The van der Waals surface area contributed by atoms with E-state index in [0.717, 1.165) is 5.56 Å². The Balaban J connectivity index is 2.25. The number of benzene rings is 1. The summed E-state index contributed by atoms with van der Waals surface area (Å²) in [7, 11) is 0. The van der Waals surface area contributed by atoms with E-state index in [1.165, 1.54) is 0 Å². The molecule has 0 aromatic heterocycles. The van der Waals surface area contributed by atoms with Gasteiger partial charge in [-0.25, -0.2) is 0 Å². The first-order valence-electron chi connectivity index (χ1n) is 5.69. The van der Waals surface area contributed by atoms with Gasteiger partial charge in [-0.2, -0.15) is 0 Å². The quantitative estimate of drug-likeness (QED) is 0.721. The molecule has 0 bridgehead atoms. The summed E-state index contributed by atoms with van der Waals surface area (Å²) < 4.78 is 5.46. The second-order valence-electron chi connectivity index (χ2n) is 4.19. The highest BCUT2D eigenvalue weighted by Crippen LogP contribution is 2.32. The summed E-state index contributed by atoms with van der Waals surface area (Å²) in [6, 6.07) is 5.47. The molecule has 92 valence electrons. The first kappa shape index (κ1) is 11.9. The number of fused-ring (bicyclic) bond motifs is 1. The van der Waals surface area contributed by atoms with Gasteiger partial charge in [-0.05, 0) is 37.6 Å². The van der Waals surface area contributed by atoms with Gasteiger partial charge in [0.25, 0.3) is 5.91 Å². The lowest BCUT2D eigenvalue weighted by Gasteiger charge is -2.24. The minimum Gasteiger partial charge on any atom is -0.479 e. The highest BCUT2D eigenvalue weighted by atomic mass is 16.5. The average molecular weight is 235 g/mol. The zero-order chi connectivity index (χ0) is 12.4. The predicted molar refractivity (Wildman–Crippen MR) is 65.8 cm³/mol. The van der Waals surface area contributed by atoms with Gasteiger partial charge in [-0.15, -0.1) is 0 Å². The van der Waals surface area contributed by atoms with E-state index in [1.54, 1.807) is 6.92 Å². The van der Waals surface area contributed by atoms with Crippen molar-refractivity contribution in [2.45, 2.75) is 25.5 Å². The molecule has 5 nitrogen and oxygen atoms in total. The number of nitrogens with one attached hydrogen (secondary N) is 1. The van der Waals surface area contributed by atoms with Crippen LogP contribution >= 0.6 is 0 Å². The summed E-state index contributed by atoms with van der Waals surface area (Å²) in [5, 5.41) is 2.80. The maximum absolute atomic E-state index is 11.5. The molecule has 1 aliphatic heterocycles. The van der Waals surface area contributed by atoms with Crippen LogP contribution in [0.4, 0.5) is 5.69 Å². The Morgan fingerprint density at radius 1 is 1.53 bits per heavy atom. The van der Waals surface area contributed by atoms with Crippen LogP contribution in [0.1, 0.15) is 24.9 Å². The van der Waals surface area contributed by atoms with Crippen LogP contribution in [0.15, 0.2) is 18.2 Å². The molecule has 2 rings (SSSR count). The summed E-state index contributed by atoms with van der Waals surface area (Å²) in [6.07, 6.45) is 0.260. The maximum atomic E-state index is 11.5. The van der Waals surface area contributed by atoms with Gasteiger partial charge in [0, 0.05) is 6.04 Å². The molecule has 0 radical (unpaired) electrons. The molecule has 2 unspecified atom stereocenters. The molecule has 17 heavy (non-hydrogen) atoms. The van der Waals surface area contributed by atoms with E-state index in [2.05, 4.69) is 5.32 Å². The summed E-state index contributed by atoms with van der Waals surface area (Å²) >= 11 is 0. The molecule has 0 spiro atoms. The van der Waals surface area contributed by atoms with Gasteiger partial charge in [0.15, 0.2) is 6.10 Å². The molecule has 1 aromatic rings. The van der Waals surface area contributed by atoms with Crippen molar-refractivity contribution in [1.82, 2.24) is 0 Å². The van der Waals surface area contributed by atoms with Crippen LogP contribution in [-0.2, 0) is 4.79 Å². The highest BCUT2D eigenvalue weighted by Gasteiger charge is 2.23. The Morgan fingerprint density at radius 3 is 3.00 bits per heavy atom. The van der Waals surface area contributed by atoms with Gasteiger partial charge in [0.2, 0.25) is 0 Å². The number of carbonyl (C=O) groups excluding carboxylic acids is 1. The summed E-state index contributed by atoms with van der Waals surface area (Å²) in [6.45, 7) is 2.25. The molecule has 5 N–H and O–H groups in total. The molecule has 0 saturated carbocycles. The molecule has 1 heterocycles. The van der Waals surface area contributed by atoms with Gasteiger partial charge < -0.3 is 21.5 Å². The first-order chi connectivity index (χ1) is 8.11. The third-order valence-electron chi connectivity index (χ3n) is 2.84. The number of hydrogen-bond donors (Lipinski definition) is 3. The normalized spacial score (nSPS) is 20.2. The number of nitrogens with two attached hydrogens (primary N) is 2. The largest absolute Gasteiger partial charge is 0.479 e. The van der Waals surface area contributed by atoms with Gasteiger partial charge in [-0.3, -0.25) is 4.79 Å². The Kier molecular flexibility index (Phi) is 3.31. The Morgan fingerprint density at radius 2 is 2.29 bits per heavy atom. The standard InChI is InChI=1S/C12H17N3O2/c1-7-12(16)15-10-6-8(9(14)4-5-13)2-3-11(10)17-7/h2-3,6-7,9H,4-5,13-14H2,1H3,(H,15,16). The topological polar surface area (TPSA) is 90.4 Å². The fraction of sp³-hybridized carbons (Fsp3) is 0.417. The van der Waals surface area contributed by atoms with E-state index >= 15 is 0 Å². The van der Waals surface area contributed by atoms with Crippen molar-refractivity contribution in [3.63, 3.8) is 0 Å². The lowest BCUT2D eigenvalue weighted by Crippen LogP contribution is -2.34. The van der Waals surface area contributed by atoms with Crippen molar-refractivity contribution < 1.29 is 9.53 Å². The molecule has 2 atom stereocenters. The van der Waals surface area contributed by atoms with Crippen LogP contribution in [0.5, 0.6) is 5.75 Å². The number of anilines is 1. The Hall–Kier alpha value is -1.59. The predicted octanol–water partition coefficient (Wildman–Crippen LogP) is 0.755. The van der Waals surface area contributed by atoms with E-state index in [-0.39, 0.29) is 11.9 Å². The summed E-state index contributed by atoms with van der Waals surface area (Å²) in [5.41, 5.74) is 13.1. The number of carbonyl (C=O) groups is 1. The van der Waals surface area contributed by atoms with Crippen molar-refractivity contribution in [3.8, 4) is 5.75 Å². The lowest BCUT2D eigenvalue weighted by molar-refractivity contribution is -0.122.